The SMILES string of the molecule is COc1cccc(Cc2nc(-c3ccc(-n4cc[nH]c4=O)cc3)n(CCN3CCOCC3)n2)c1. The molecule has 1 fully saturated rings. The fourth-order valence-electron chi connectivity index (χ4n) is 4.15. The molecule has 2 aromatic carbocycles. The first kappa shape index (κ1) is 22.1. The summed E-state index contributed by atoms with van der Waals surface area (Å²) in [6.45, 7) is 5.02. The van der Waals surface area contributed by atoms with Crippen LogP contribution in [0.15, 0.2) is 65.7 Å². The largest absolute Gasteiger partial charge is 0.497 e. The maximum atomic E-state index is 11.9. The summed E-state index contributed by atoms with van der Waals surface area (Å²) in [6, 6.07) is 15.8. The van der Waals surface area contributed by atoms with Crippen LogP contribution in [-0.2, 0) is 17.7 Å². The van der Waals surface area contributed by atoms with Crippen molar-refractivity contribution in [1.82, 2.24) is 29.2 Å². The summed E-state index contributed by atoms with van der Waals surface area (Å²) < 4.78 is 14.4. The van der Waals surface area contributed by atoms with E-state index in [1.54, 1.807) is 24.1 Å². The van der Waals surface area contributed by atoms with Crippen LogP contribution in [0.1, 0.15) is 11.4 Å². The van der Waals surface area contributed by atoms with Crippen molar-refractivity contribution in [3.8, 4) is 22.8 Å². The van der Waals surface area contributed by atoms with Crippen LogP contribution in [-0.4, -0.2) is 69.2 Å². The van der Waals surface area contributed by atoms with Gasteiger partial charge in [0.1, 0.15) is 5.75 Å². The number of aromatic nitrogens is 5. The van der Waals surface area contributed by atoms with Crippen molar-refractivity contribution in [2.24, 2.45) is 0 Å². The zero-order chi connectivity index (χ0) is 23.3. The summed E-state index contributed by atoms with van der Waals surface area (Å²) in [6.07, 6.45) is 3.96. The molecule has 0 spiro atoms. The van der Waals surface area contributed by atoms with Gasteiger partial charge in [0.2, 0.25) is 0 Å². The first-order valence-corrected chi connectivity index (χ1v) is 11.4. The highest BCUT2D eigenvalue weighted by Crippen LogP contribution is 2.21. The van der Waals surface area contributed by atoms with Crippen molar-refractivity contribution in [2.75, 3.05) is 40.0 Å². The molecule has 2 aromatic heterocycles. The summed E-state index contributed by atoms with van der Waals surface area (Å²) in [5, 5.41) is 4.85. The Balaban J connectivity index is 1.42. The molecular formula is C25H28N6O3. The van der Waals surface area contributed by atoms with Gasteiger partial charge in [0.05, 0.1) is 32.6 Å². The third kappa shape index (κ3) is 4.95. The number of imidazole rings is 1. The molecule has 1 N–H and O–H groups in total. The lowest BCUT2D eigenvalue weighted by molar-refractivity contribution is 0.0360. The summed E-state index contributed by atoms with van der Waals surface area (Å²) in [5.74, 6) is 2.40. The molecule has 176 valence electrons. The van der Waals surface area contributed by atoms with Crippen molar-refractivity contribution in [1.29, 1.82) is 0 Å². The molecular weight excluding hydrogens is 432 g/mol. The van der Waals surface area contributed by atoms with Crippen molar-refractivity contribution < 1.29 is 9.47 Å². The van der Waals surface area contributed by atoms with Crippen LogP contribution < -0.4 is 10.4 Å². The number of hydrogen-bond acceptors (Lipinski definition) is 6. The van der Waals surface area contributed by atoms with Crippen LogP contribution in [0.4, 0.5) is 0 Å². The molecule has 0 saturated carbocycles. The van der Waals surface area contributed by atoms with Gasteiger partial charge in [-0.15, -0.1) is 0 Å². The number of aromatic amines is 1. The Morgan fingerprint density at radius 2 is 1.91 bits per heavy atom. The maximum Gasteiger partial charge on any atom is 0.330 e. The van der Waals surface area contributed by atoms with E-state index in [0.717, 1.165) is 73.6 Å². The zero-order valence-corrected chi connectivity index (χ0v) is 19.2. The molecule has 0 bridgehead atoms. The highest BCUT2D eigenvalue weighted by molar-refractivity contribution is 5.57. The van der Waals surface area contributed by atoms with Crippen molar-refractivity contribution in [3.63, 3.8) is 0 Å². The monoisotopic (exact) mass is 460 g/mol. The molecule has 0 amide bonds. The van der Waals surface area contributed by atoms with E-state index in [-0.39, 0.29) is 5.69 Å². The number of nitrogens with one attached hydrogen (secondary N) is 1. The number of H-pyrrole nitrogens is 1. The molecule has 0 aliphatic carbocycles. The van der Waals surface area contributed by atoms with Crippen molar-refractivity contribution in [3.05, 3.63) is 82.8 Å². The molecule has 9 heteroatoms. The van der Waals surface area contributed by atoms with E-state index in [4.69, 9.17) is 19.6 Å². The Kier molecular flexibility index (Phi) is 6.55. The normalized spacial score (nSPS) is 14.4. The number of rotatable bonds is 8. The van der Waals surface area contributed by atoms with E-state index in [2.05, 4.69) is 16.0 Å². The minimum atomic E-state index is -0.165. The number of morpholine rings is 1. The quantitative estimate of drug-likeness (QED) is 0.434. The molecule has 1 aliphatic heterocycles. The molecule has 3 heterocycles. The van der Waals surface area contributed by atoms with Crippen molar-refractivity contribution in [2.45, 2.75) is 13.0 Å². The van der Waals surface area contributed by atoms with Gasteiger partial charge in [0.25, 0.3) is 0 Å². The lowest BCUT2D eigenvalue weighted by Gasteiger charge is -2.26. The van der Waals surface area contributed by atoms with Gasteiger partial charge < -0.3 is 14.5 Å². The minimum Gasteiger partial charge on any atom is -0.497 e. The van der Waals surface area contributed by atoms with Gasteiger partial charge in [-0.1, -0.05) is 12.1 Å². The highest BCUT2D eigenvalue weighted by Gasteiger charge is 2.16. The number of hydrogen-bond donors (Lipinski definition) is 1. The van der Waals surface area contributed by atoms with Gasteiger partial charge in [-0.05, 0) is 42.0 Å². The van der Waals surface area contributed by atoms with Gasteiger partial charge >= 0.3 is 5.69 Å². The Hall–Kier alpha value is -3.69. The van der Waals surface area contributed by atoms with Gasteiger partial charge in [0.15, 0.2) is 11.6 Å². The van der Waals surface area contributed by atoms with Crippen LogP contribution in [0.2, 0.25) is 0 Å². The summed E-state index contributed by atoms with van der Waals surface area (Å²) in [4.78, 5) is 21.9. The number of ether oxygens (including phenoxy) is 2. The molecule has 1 aliphatic rings. The molecule has 34 heavy (non-hydrogen) atoms. The van der Waals surface area contributed by atoms with Crippen LogP contribution in [0.5, 0.6) is 5.75 Å². The number of benzene rings is 2. The maximum absolute atomic E-state index is 11.9. The Bertz CT molecular complexity index is 1280. The average Bonchev–Trinajstić information content (AvgIpc) is 3.49. The van der Waals surface area contributed by atoms with E-state index in [1.807, 2.05) is 47.1 Å². The van der Waals surface area contributed by atoms with E-state index in [9.17, 15) is 4.79 Å². The summed E-state index contributed by atoms with van der Waals surface area (Å²) in [7, 11) is 1.67. The molecule has 0 unspecified atom stereocenters. The average molecular weight is 461 g/mol. The van der Waals surface area contributed by atoms with E-state index in [1.165, 1.54) is 0 Å². The third-order valence-corrected chi connectivity index (χ3v) is 6.00. The van der Waals surface area contributed by atoms with Gasteiger partial charge in [-0.2, -0.15) is 5.10 Å². The molecule has 9 nitrogen and oxygen atoms in total. The second kappa shape index (κ2) is 10.1. The summed E-state index contributed by atoms with van der Waals surface area (Å²) >= 11 is 0. The second-order valence-electron chi connectivity index (χ2n) is 8.24. The van der Waals surface area contributed by atoms with Gasteiger partial charge in [-0.3, -0.25) is 9.47 Å². The van der Waals surface area contributed by atoms with E-state index >= 15 is 0 Å². The highest BCUT2D eigenvalue weighted by atomic mass is 16.5. The second-order valence-corrected chi connectivity index (χ2v) is 8.24. The topological polar surface area (TPSA) is 90.2 Å². The minimum absolute atomic E-state index is 0.165. The Morgan fingerprint density at radius 1 is 1.09 bits per heavy atom. The smallest absolute Gasteiger partial charge is 0.330 e. The molecule has 0 radical (unpaired) electrons. The lowest BCUT2D eigenvalue weighted by atomic mass is 10.1. The molecule has 0 atom stereocenters. The van der Waals surface area contributed by atoms with Gasteiger partial charge in [0, 0.05) is 44.0 Å². The van der Waals surface area contributed by atoms with Crippen molar-refractivity contribution >= 4 is 0 Å². The molecule has 4 aromatic rings. The predicted octanol–water partition coefficient (Wildman–Crippen LogP) is 2.36. The lowest BCUT2D eigenvalue weighted by Crippen LogP contribution is -2.38. The fourth-order valence-corrected chi connectivity index (χ4v) is 4.15. The number of methoxy groups -OCH3 is 1. The molecule has 1 saturated heterocycles. The Morgan fingerprint density at radius 3 is 2.65 bits per heavy atom. The first-order chi connectivity index (χ1) is 16.7. The van der Waals surface area contributed by atoms with Crippen LogP contribution >= 0.6 is 0 Å². The predicted molar refractivity (Wildman–Crippen MR) is 128 cm³/mol. The molecule has 5 rings (SSSR count). The van der Waals surface area contributed by atoms with Gasteiger partial charge in [-0.25, -0.2) is 14.5 Å². The standard InChI is InChI=1S/C25H28N6O3/c1-33-22-4-2-3-19(17-22)18-23-27-24(31(28-23)12-11-29-13-15-34-16-14-29)20-5-7-21(8-6-20)30-10-9-26-25(30)32/h2-10,17H,11-16,18H2,1H3,(H,26,32). The number of nitrogens with zero attached hydrogens (tertiary/aromatic N) is 5. The third-order valence-electron chi connectivity index (χ3n) is 6.00. The fraction of sp³-hybridized carbons (Fsp3) is 0.320. The van der Waals surface area contributed by atoms with Crippen LogP contribution in [0.3, 0.4) is 0 Å². The summed E-state index contributed by atoms with van der Waals surface area (Å²) in [5.41, 5.74) is 2.69. The zero-order valence-electron chi connectivity index (χ0n) is 19.2. The Labute approximate surface area is 197 Å². The first-order valence-electron chi connectivity index (χ1n) is 11.4. The van der Waals surface area contributed by atoms with Crippen LogP contribution in [0.25, 0.3) is 17.1 Å². The van der Waals surface area contributed by atoms with E-state index in [0.29, 0.717) is 6.42 Å². The van der Waals surface area contributed by atoms with E-state index < -0.39 is 0 Å². The van der Waals surface area contributed by atoms with Crippen LogP contribution in [0, 0.1) is 0 Å².